The van der Waals surface area contributed by atoms with Crippen molar-refractivity contribution in [2.75, 3.05) is 26.4 Å². The third-order valence-corrected chi connectivity index (χ3v) is 6.03. The van der Waals surface area contributed by atoms with Gasteiger partial charge < -0.3 is 33.3 Å². The van der Waals surface area contributed by atoms with Crippen LogP contribution in [0.2, 0.25) is 0 Å². The van der Waals surface area contributed by atoms with Crippen LogP contribution in [0.4, 0.5) is 0 Å². The van der Waals surface area contributed by atoms with Gasteiger partial charge in [0, 0.05) is 35.1 Å². The minimum absolute atomic E-state index is 0.0512. The van der Waals surface area contributed by atoms with Crippen molar-refractivity contribution in [3.05, 3.63) is 48.6 Å². The number of hydrogen-bond acceptors (Lipinski definition) is 13. The van der Waals surface area contributed by atoms with Crippen LogP contribution in [0, 0.1) is 11.8 Å². The highest BCUT2D eigenvalue weighted by Gasteiger charge is 2.46. The van der Waals surface area contributed by atoms with E-state index in [-0.39, 0.29) is 37.2 Å². The van der Waals surface area contributed by atoms with Gasteiger partial charge in [-0.05, 0) is 45.8 Å². The van der Waals surface area contributed by atoms with E-state index in [0.717, 1.165) is 24.3 Å². The van der Waals surface area contributed by atoms with E-state index >= 15 is 0 Å². The molecule has 0 heterocycles. The Morgan fingerprint density at radius 2 is 1.15 bits per heavy atom. The molecule has 0 bridgehead atoms. The van der Waals surface area contributed by atoms with Crippen molar-refractivity contribution >= 4 is 45.1 Å². The summed E-state index contributed by atoms with van der Waals surface area (Å²) in [5.41, 5.74) is -1.41. The zero-order valence-electron chi connectivity index (χ0n) is 22.6. The highest BCUT2D eigenvalue weighted by molar-refractivity contribution is 7.39. The highest BCUT2D eigenvalue weighted by Crippen LogP contribution is 2.44. The summed E-state index contributed by atoms with van der Waals surface area (Å²) < 4.78 is 26.2. The Hall–Kier alpha value is -3.51. The molecule has 222 valence electrons. The van der Waals surface area contributed by atoms with E-state index in [1.54, 1.807) is 0 Å². The number of hydrogen-bond donors (Lipinski definition) is 2. The summed E-state index contributed by atoms with van der Waals surface area (Å²) in [6.07, 6.45) is 4.18. The first-order chi connectivity index (χ1) is 18.8. The molecule has 13 nitrogen and oxygen atoms in total. The summed E-state index contributed by atoms with van der Waals surface area (Å²) in [4.78, 5) is 88.6. The fourth-order valence-corrected chi connectivity index (χ4v) is 3.91. The summed E-state index contributed by atoms with van der Waals surface area (Å²) in [6, 6.07) is 0. The Labute approximate surface area is 233 Å². The van der Waals surface area contributed by atoms with E-state index in [1.807, 2.05) is 0 Å². The molecule has 0 aromatic carbocycles. The maximum absolute atomic E-state index is 12.1. The molecule has 0 aliphatic rings. The van der Waals surface area contributed by atoms with E-state index in [9.17, 15) is 38.6 Å². The zero-order valence-corrected chi connectivity index (χ0v) is 23.5. The molecule has 0 radical (unpaired) electrons. The molecule has 0 saturated heterocycles. The Morgan fingerprint density at radius 1 is 0.775 bits per heavy atom. The zero-order chi connectivity index (χ0) is 30.7. The third-order valence-electron chi connectivity index (χ3n) is 5.47. The first-order valence-corrected chi connectivity index (χ1v) is 13.0. The molecule has 0 aliphatic heterocycles. The van der Waals surface area contributed by atoms with E-state index in [1.165, 1.54) is 20.8 Å². The van der Waals surface area contributed by atoms with Crippen molar-refractivity contribution in [1.82, 2.24) is 0 Å². The van der Waals surface area contributed by atoms with Crippen LogP contribution in [0.25, 0.3) is 0 Å². The summed E-state index contributed by atoms with van der Waals surface area (Å²) in [5, 5.41) is 0. The van der Waals surface area contributed by atoms with E-state index in [4.69, 9.17) is 23.5 Å². The van der Waals surface area contributed by atoms with Crippen molar-refractivity contribution in [3.8, 4) is 0 Å². The van der Waals surface area contributed by atoms with Crippen LogP contribution < -0.4 is 0 Å². The molecule has 2 unspecified atom stereocenters. The second kappa shape index (κ2) is 19.5. The van der Waals surface area contributed by atoms with Gasteiger partial charge >= 0.3 is 32.5 Å². The molecule has 0 aliphatic carbocycles. The number of allylic oxidation sites excluding steroid dienone is 2. The quantitative estimate of drug-likeness (QED) is 0.0691. The fourth-order valence-electron chi connectivity index (χ4n) is 3.26. The second-order valence-corrected chi connectivity index (χ2v) is 9.27. The summed E-state index contributed by atoms with van der Waals surface area (Å²) in [7, 11) is -3.04. The molecule has 0 spiro atoms. The molecule has 0 amide bonds. The van der Waals surface area contributed by atoms with E-state index in [2.05, 4.69) is 13.2 Å². The van der Waals surface area contributed by atoms with Gasteiger partial charge in [-0.25, -0.2) is 19.2 Å². The molecule has 14 heteroatoms. The summed E-state index contributed by atoms with van der Waals surface area (Å²) in [6.45, 7) is 9.97. The fraction of sp³-hybridized carbons (Fsp3) is 0.462. The molecule has 2 atom stereocenters. The standard InChI is InChI=1S/C26H35O13P/c1-18(2)24(31)35-14-10-20(16-37-22(29)8-6-12-27)26(5,39-40(33)34)21(11-15-36-25(32)19(3)4)17-38-23(30)9-7-13-28/h6-9,12-13,20-21,33-34H,1,3,10-11,14-17H2,2,4-5H3. The normalized spacial score (nSPS) is 14.2. The summed E-state index contributed by atoms with van der Waals surface area (Å²) in [5.74, 6) is -5.06. The average molecular weight is 587 g/mol. The third kappa shape index (κ3) is 14.6. The van der Waals surface area contributed by atoms with Gasteiger partial charge in [0.1, 0.15) is 12.6 Å². The van der Waals surface area contributed by atoms with Gasteiger partial charge in [-0.15, -0.1) is 0 Å². The lowest BCUT2D eigenvalue weighted by Crippen LogP contribution is -2.49. The summed E-state index contributed by atoms with van der Waals surface area (Å²) >= 11 is 0. The van der Waals surface area contributed by atoms with Gasteiger partial charge in [-0.2, -0.15) is 0 Å². The van der Waals surface area contributed by atoms with Crippen molar-refractivity contribution < 1.29 is 62.0 Å². The molecular formula is C26H35O13P. The van der Waals surface area contributed by atoms with Crippen molar-refractivity contribution in [1.29, 1.82) is 0 Å². The topological polar surface area (TPSA) is 189 Å². The van der Waals surface area contributed by atoms with Crippen LogP contribution >= 0.6 is 8.60 Å². The number of carbonyl (C=O) groups is 6. The number of rotatable bonds is 20. The predicted octanol–water partition coefficient (Wildman–Crippen LogP) is 1.82. The minimum atomic E-state index is -3.04. The van der Waals surface area contributed by atoms with Gasteiger partial charge in [0.05, 0.1) is 32.0 Å². The van der Waals surface area contributed by atoms with Crippen LogP contribution in [0.5, 0.6) is 0 Å². The lowest BCUT2D eigenvalue weighted by Gasteiger charge is -2.42. The van der Waals surface area contributed by atoms with Crippen molar-refractivity contribution in [2.45, 2.75) is 39.2 Å². The Balaban J connectivity index is 6.31. The molecule has 0 aromatic rings. The SMILES string of the molecule is C=C(C)C(=O)OCCC(COC(=O)C=CC=O)C(C)(OP(O)O)C(CCOC(=O)C(=C)C)COC(=O)C=CC=O. The van der Waals surface area contributed by atoms with Crippen molar-refractivity contribution in [3.63, 3.8) is 0 Å². The first-order valence-electron chi connectivity index (χ1n) is 11.9. The van der Waals surface area contributed by atoms with Gasteiger partial charge in [0.15, 0.2) is 0 Å². The molecular weight excluding hydrogens is 551 g/mol. The monoisotopic (exact) mass is 586 g/mol. The Kier molecular flexibility index (Phi) is 17.8. The first kappa shape index (κ1) is 36.5. The van der Waals surface area contributed by atoms with Crippen LogP contribution in [-0.4, -0.2) is 78.3 Å². The van der Waals surface area contributed by atoms with E-state index < -0.39 is 63.1 Å². The van der Waals surface area contributed by atoms with Crippen molar-refractivity contribution in [2.24, 2.45) is 11.8 Å². The molecule has 0 aromatic heterocycles. The van der Waals surface area contributed by atoms with Crippen LogP contribution in [0.1, 0.15) is 33.6 Å². The Morgan fingerprint density at radius 3 is 1.45 bits per heavy atom. The molecule has 0 rings (SSSR count). The van der Waals surface area contributed by atoms with Gasteiger partial charge in [0.25, 0.3) is 0 Å². The van der Waals surface area contributed by atoms with Crippen LogP contribution in [-0.2, 0) is 52.2 Å². The number of esters is 4. The second-order valence-electron chi connectivity index (χ2n) is 8.58. The molecule has 0 saturated carbocycles. The van der Waals surface area contributed by atoms with Crippen LogP contribution in [0.3, 0.4) is 0 Å². The van der Waals surface area contributed by atoms with Gasteiger partial charge in [0.2, 0.25) is 0 Å². The van der Waals surface area contributed by atoms with E-state index in [0.29, 0.717) is 12.6 Å². The maximum Gasteiger partial charge on any atom is 0.333 e. The number of aldehydes is 2. The van der Waals surface area contributed by atoms with Crippen LogP contribution in [0.15, 0.2) is 48.6 Å². The predicted molar refractivity (Wildman–Crippen MR) is 141 cm³/mol. The lowest BCUT2D eigenvalue weighted by molar-refractivity contribution is -0.154. The van der Waals surface area contributed by atoms with Gasteiger partial charge in [-0.3, -0.25) is 9.59 Å². The van der Waals surface area contributed by atoms with Gasteiger partial charge in [-0.1, -0.05) is 13.2 Å². The Bertz CT molecular complexity index is 913. The molecule has 0 fully saturated rings. The smallest absolute Gasteiger partial charge is 0.333 e. The average Bonchev–Trinajstić information content (AvgIpc) is 2.88. The largest absolute Gasteiger partial charge is 0.462 e. The molecule has 2 N–H and O–H groups in total. The number of carbonyl (C=O) groups excluding carboxylic acids is 6. The number of ether oxygens (including phenoxy) is 4. The molecule has 40 heavy (non-hydrogen) atoms. The minimum Gasteiger partial charge on any atom is -0.462 e. The maximum atomic E-state index is 12.1. The highest BCUT2D eigenvalue weighted by atomic mass is 31.2. The lowest BCUT2D eigenvalue weighted by atomic mass is 9.76.